The number of amides is 1. The lowest BCUT2D eigenvalue weighted by Crippen LogP contribution is -2.26. The molecule has 1 fully saturated rings. The second-order valence-electron chi connectivity index (χ2n) is 7.47. The fourth-order valence-corrected chi connectivity index (χ4v) is 4.93. The van der Waals surface area contributed by atoms with Crippen molar-refractivity contribution in [1.29, 1.82) is 0 Å². The third-order valence-electron chi connectivity index (χ3n) is 5.22. The minimum atomic E-state index is -0.0707. The van der Waals surface area contributed by atoms with E-state index >= 15 is 0 Å². The summed E-state index contributed by atoms with van der Waals surface area (Å²) in [7, 11) is 0. The fraction of sp³-hybridized carbons (Fsp3) is 0.0385. The maximum atomic E-state index is 12.7. The van der Waals surface area contributed by atoms with Gasteiger partial charge in [-0.25, -0.2) is 4.68 Å². The minimum Gasteiger partial charge on any atom is -0.288 e. The van der Waals surface area contributed by atoms with E-state index in [2.05, 4.69) is 0 Å². The number of halogens is 1. The molecule has 1 aliphatic rings. The molecule has 7 heteroatoms. The molecule has 0 aliphatic carbocycles. The minimum absolute atomic E-state index is 0.0707. The molecule has 0 saturated carbocycles. The standard InChI is InChI=1S/C26H18ClN3OS2/c27-21-13-11-19(12-14-21)24-20(17-30(28-24)22-9-5-2-6-10-22)15-23-25(32)29(26(31)33-23)16-18-7-3-1-4-8-18/h1-15,17H,16H2. The average molecular weight is 488 g/mol. The van der Waals surface area contributed by atoms with Crippen LogP contribution in [0.3, 0.4) is 0 Å². The van der Waals surface area contributed by atoms with Crippen LogP contribution in [0.15, 0.2) is 96.0 Å². The summed E-state index contributed by atoms with van der Waals surface area (Å²) in [4.78, 5) is 15.7. The summed E-state index contributed by atoms with van der Waals surface area (Å²) in [5, 5.41) is 5.42. The predicted octanol–water partition coefficient (Wildman–Crippen LogP) is 7.23. The molecule has 0 radical (unpaired) electrons. The Balaban J connectivity index is 1.53. The van der Waals surface area contributed by atoms with Crippen LogP contribution in [0, 0.1) is 0 Å². The number of benzene rings is 3. The summed E-state index contributed by atoms with van der Waals surface area (Å²) in [6.45, 7) is 0.455. The van der Waals surface area contributed by atoms with Crippen LogP contribution in [-0.2, 0) is 6.54 Å². The molecule has 1 amide bonds. The number of thiocarbonyl (C=S) groups is 1. The smallest absolute Gasteiger partial charge is 0.288 e. The van der Waals surface area contributed by atoms with Crippen molar-refractivity contribution in [2.24, 2.45) is 0 Å². The molecule has 1 aromatic heterocycles. The first-order valence-electron chi connectivity index (χ1n) is 10.3. The maximum absolute atomic E-state index is 12.7. The van der Waals surface area contributed by atoms with Crippen LogP contribution in [0.4, 0.5) is 4.79 Å². The van der Waals surface area contributed by atoms with E-state index in [4.69, 9.17) is 28.9 Å². The number of para-hydroxylation sites is 1. The number of aromatic nitrogens is 2. The van der Waals surface area contributed by atoms with Gasteiger partial charge in [-0.2, -0.15) is 5.10 Å². The van der Waals surface area contributed by atoms with Crippen molar-refractivity contribution in [3.8, 4) is 16.9 Å². The van der Waals surface area contributed by atoms with Crippen LogP contribution in [-0.4, -0.2) is 24.9 Å². The van der Waals surface area contributed by atoms with Crippen molar-refractivity contribution in [3.63, 3.8) is 0 Å². The lowest BCUT2D eigenvalue weighted by Gasteiger charge is -2.14. The van der Waals surface area contributed by atoms with Crippen molar-refractivity contribution >= 4 is 51.9 Å². The highest BCUT2D eigenvalue weighted by atomic mass is 35.5. The summed E-state index contributed by atoms with van der Waals surface area (Å²) in [5.41, 5.74) is 4.58. The zero-order valence-electron chi connectivity index (χ0n) is 17.4. The summed E-state index contributed by atoms with van der Waals surface area (Å²) >= 11 is 12.9. The lowest BCUT2D eigenvalue weighted by atomic mass is 10.1. The van der Waals surface area contributed by atoms with E-state index < -0.39 is 0 Å². The first-order valence-corrected chi connectivity index (χ1v) is 11.9. The Morgan fingerprint density at radius 3 is 2.30 bits per heavy atom. The molecule has 0 unspecified atom stereocenters. The molecular weight excluding hydrogens is 470 g/mol. The zero-order chi connectivity index (χ0) is 22.8. The van der Waals surface area contributed by atoms with Crippen molar-refractivity contribution in [2.75, 3.05) is 0 Å². The van der Waals surface area contributed by atoms with Crippen LogP contribution < -0.4 is 0 Å². The highest BCUT2D eigenvalue weighted by molar-refractivity contribution is 8.19. The van der Waals surface area contributed by atoms with E-state index in [1.807, 2.05) is 102 Å². The fourth-order valence-electron chi connectivity index (χ4n) is 3.58. The van der Waals surface area contributed by atoms with Crippen molar-refractivity contribution in [3.05, 3.63) is 112 Å². The molecule has 0 N–H and O–H groups in total. The lowest BCUT2D eigenvalue weighted by molar-refractivity contribution is 0.244. The second kappa shape index (κ2) is 9.35. The van der Waals surface area contributed by atoms with Crippen molar-refractivity contribution in [2.45, 2.75) is 6.54 Å². The highest BCUT2D eigenvalue weighted by Gasteiger charge is 2.32. The number of thioether (sulfide) groups is 1. The molecule has 5 rings (SSSR count). The third-order valence-corrected chi connectivity index (χ3v) is 6.97. The second-order valence-corrected chi connectivity index (χ2v) is 9.29. The molecule has 33 heavy (non-hydrogen) atoms. The summed E-state index contributed by atoms with van der Waals surface area (Å²) in [5.74, 6) is 0. The Morgan fingerprint density at radius 2 is 1.61 bits per heavy atom. The summed E-state index contributed by atoms with van der Waals surface area (Å²) in [6.07, 6.45) is 3.91. The first kappa shape index (κ1) is 21.6. The summed E-state index contributed by atoms with van der Waals surface area (Å²) in [6, 6.07) is 27.3. The zero-order valence-corrected chi connectivity index (χ0v) is 19.8. The van der Waals surface area contributed by atoms with E-state index in [0.29, 0.717) is 16.6 Å². The molecule has 1 aliphatic heterocycles. The molecule has 2 heterocycles. The van der Waals surface area contributed by atoms with Gasteiger partial charge in [-0.3, -0.25) is 9.69 Å². The van der Waals surface area contributed by atoms with Gasteiger partial charge in [-0.1, -0.05) is 84.5 Å². The third kappa shape index (κ3) is 4.64. The normalized spacial score (nSPS) is 14.9. The van der Waals surface area contributed by atoms with Gasteiger partial charge in [0.05, 0.1) is 22.8 Å². The van der Waals surface area contributed by atoms with E-state index in [0.717, 1.165) is 44.7 Å². The SMILES string of the molecule is O=C1SC(=Cc2cn(-c3ccccc3)nc2-c2ccc(Cl)cc2)C(=S)N1Cc1ccccc1. The monoisotopic (exact) mass is 487 g/mol. The largest absolute Gasteiger partial charge is 0.291 e. The van der Waals surface area contributed by atoms with E-state index in [9.17, 15) is 4.79 Å². The molecule has 0 atom stereocenters. The van der Waals surface area contributed by atoms with Gasteiger partial charge in [0.15, 0.2) is 0 Å². The Hall–Kier alpha value is -3.19. The quantitative estimate of drug-likeness (QED) is 0.220. The van der Waals surface area contributed by atoms with Crippen LogP contribution in [0.5, 0.6) is 0 Å². The molecular formula is C26H18ClN3OS2. The van der Waals surface area contributed by atoms with Gasteiger partial charge in [0.1, 0.15) is 4.99 Å². The van der Waals surface area contributed by atoms with Gasteiger partial charge in [0.25, 0.3) is 5.24 Å². The maximum Gasteiger partial charge on any atom is 0.291 e. The highest BCUT2D eigenvalue weighted by Crippen LogP contribution is 2.36. The van der Waals surface area contributed by atoms with Gasteiger partial charge >= 0.3 is 0 Å². The van der Waals surface area contributed by atoms with Gasteiger partial charge in [-0.15, -0.1) is 0 Å². The average Bonchev–Trinajstić information content (AvgIpc) is 3.37. The van der Waals surface area contributed by atoms with Crippen LogP contribution in [0.2, 0.25) is 5.02 Å². The van der Waals surface area contributed by atoms with E-state index in [1.54, 1.807) is 4.90 Å². The number of carbonyl (C=O) groups excluding carboxylic acids is 1. The molecule has 4 aromatic rings. The molecule has 1 saturated heterocycles. The topological polar surface area (TPSA) is 38.1 Å². The number of carbonyl (C=O) groups is 1. The van der Waals surface area contributed by atoms with Gasteiger partial charge in [0, 0.05) is 22.3 Å². The van der Waals surface area contributed by atoms with Crippen molar-refractivity contribution in [1.82, 2.24) is 14.7 Å². The van der Waals surface area contributed by atoms with E-state index in [1.165, 1.54) is 0 Å². The predicted molar refractivity (Wildman–Crippen MR) is 140 cm³/mol. The van der Waals surface area contributed by atoms with Gasteiger partial charge < -0.3 is 0 Å². The Morgan fingerprint density at radius 1 is 0.939 bits per heavy atom. The number of nitrogens with zero attached hydrogens (tertiary/aromatic N) is 3. The molecule has 0 spiro atoms. The van der Waals surface area contributed by atoms with Gasteiger partial charge in [-0.05, 0) is 47.7 Å². The first-order chi connectivity index (χ1) is 16.1. The number of hydrogen-bond acceptors (Lipinski definition) is 4. The van der Waals surface area contributed by atoms with Crippen LogP contribution in [0.1, 0.15) is 11.1 Å². The molecule has 0 bridgehead atoms. The number of rotatable bonds is 5. The molecule has 4 nitrogen and oxygen atoms in total. The van der Waals surface area contributed by atoms with E-state index in [-0.39, 0.29) is 5.24 Å². The Labute approximate surface area is 206 Å². The Kier molecular flexibility index (Phi) is 6.13. The van der Waals surface area contributed by atoms with Crippen LogP contribution >= 0.6 is 35.6 Å². The molecule has 3 aromatic carbocycles. The van der Waals surface area contributed by atoms with Gasteiger partial charge in [0.2, 0.25) is 0 Å². The van der Waals surface area contributed by atoms with Crippen molar-refractivity contribution < 1.29 is 4.79 Å². The Bertz CT molecular complexity index is 1350. The number of hydrogen-bond donors (Lipinski definition) is 0. The van der Waals surface area contributed by atoms with Crippen LogP contribution in [0.25, 0.3) is 23.0 Å². The summed E-state index contributed by atoms with van der Waals surface area (Å²) < 4.78 is 1.84. The molecule has 162 valence electrons.